The van der Waals surface area contributed by atoms with Crippen molar-refractivity contribution in [1.29, 1.82) is 0 Å². The molecule has 2 aromatic rings. The van der Waals surface area contributed by atoms with Crippen molar-refractivity contribution in [2.75, 3.05) is 0 Å². The van der Waals surface area contributed by atoms with Crippen molar-refractivity contribution in [3.8, 4) is 0 Å². The molecule has 1 aliphatic heterocycles. The second-order valence-corrected chi connectivity index (χ2v) is 6.38. The summed E-state index contributed by atoms with van der Waals surface area (Å²) in [5, 5.41) is 10.2. The zero-order valence-corrected chi connectivity index (χ0v) is 13.9. The Bertz CT molecular complexity index is 724. The molecular formula is C18H22N4O2. The van der Waals surface area contributed by atoms with Gasteiger partial charge in [-0.1, -0.05) is 30.3 Å². The fraction of sp³-hybridized carbons (Fsp3) is 0.389. The molecule has 0 saturated carbocycles. The van der Waals surface area contributed by atoms with E-state index in [0.717, 1.165) is 5.56 Å². The third-order valence-corrected chi connectivity index (χ3v) is 4.27. The van der Waals surface area contributed by atoms with Crippen molar-refractivity contribution in [2.24, 2.45) is 0 Å². The first-order valence-corrected chi connectivity index (χ1v) is 8.24. The van der Waals surface area contributed by atoms with Crippen LogP contribution in [0.1, 0.15) is 54.7 Å². The number of piperidine rings is 1. The molecule has 0 unspecified atom stereocenters. The van der Waals surface area contributed by atoms with Crippen molar-refractivity contribution in [1.82, 2.24) is 20.4 Å². The van der Waals surface area contributed by atoms with Gasteiger partial charge in [-0.2, -0.15) is 5.10 Å². The highest BCUT2D eigenvalue weighted by Gasteiger charge is 2.31. The summed E-state index contributed by atoms with van der Waals surface area (Å²) in [6.45, 7) is 4.02. The van der Waals surface area contributed by atoms with Gasteiger partial charge in [0, 0.05) is 18.7 Å². The highest BCUT2D eigenvalue weighted by Crippen LogP contribution is 2.24. The highest BCUT2D eigenvalue weighted by molar-refractivity contribution is 5.94. The third kappa shape index (κ3) is 3.48. The second kappa shape index (κ2) is 6.86. The van der Waals surface area contributed by atoms with Crippen molar-refractivity contribution in [3.05, 3.63) is 53.9 Å². The molecular weight excluding hydrogens is 304 g/mol. The van der Waals surface area contributed by atoms with Crippen molar-refractivity contribution in [3.63, 3.8) is 0 Å². The van der Waals surface area contributed by atoms with Gasteiger partial charge < -0.3 is 10.6 Å². The predicted octanol–water partition coefficient (Wildman–Crippen LogP) is 2.21. The topological polar surface area (TPSA) is 76.0 Å². The average molecular weight is 326 g/mol. The van der Waals surface area contributed by atoms with E-state index in [-0.39, 0.29) is 29.9 Å². The molecule has 0 radical (unpaired) electrons. The SMILES string of the molecule is CC(C)n1cc(C(=O)N[C@@H]2CCC(=O)N[C@H]2c2ccccc2)cn1. The minimum absolute atomic E-state index is 0.0157. The molecule has 1 aliphatic rings. The molecule has 3 rings (SSSR count). The largest absolute Gasteiger partial charge is 0.347 e. The van der Waals surface area contributed by atoms with Crippen molar-refractivity contribution < 1.29 is 9.59 Å². The van der Waals surface area contributed by atoms with Crippen LogP contribution in [0.25, 0.3) is 0 Å². The van der Waals surface area contributed by atoms with Crippen molar-refractivity contribution >= 4 is 11.8 Å². The van der Waals surface area contributed by atoms with Gasteiger partial charge in [0.1, 0.15) is 0 Å². The summed E-state index contributed by atoms with van der Waals surface area (Å²) in [4.78, 5) is 24.3. The fourth-order valence-electron chi connectivity index (χ4n) is 2.92. The van der Waals surface area contributed by atoms with Crippen LogP contribution in [-0.4, -0.2) is 27.6 Å². The zero-order chi connectivity index (χ0) is 17.1. The summed E-state index contributed by atoms with van der Waals surface area (Å²) in [5.41, 5.74) is 1.53. The molecule has 2 N–H and O–H groups in total. The van der Waals surface area contributed by atoms with E-state index in [1.165, 1.54) is 0 Å². The lowest BCUT2D eigenvalue weighted by Gasteiger charge is -2.33. The third-order valence-electron chi connectivity index (χ3n) is 4.27. The minimum atomic E-state index is -0.212. The van der Waals surface area contributed by atoms with E-state index in [1.807, 2.05) is 44.2 Å². The summed E-state index contributed by atoms with van der Waals surface area (Å²) in [6.07, 6.45) is 4.36. The number of hydrogen-bond acceptors (Lipinski definition) is 3. The molecule has 1 aromatic carbocycles. The van der Waals surface area contributed by atoms with Crippen LogP contribution >= 0.6 is 0 Å². The van der Waals surface area contributed by atoms with Crippen LogP contribution in [0, 0.1) is 0 Å². The molecule has 1 fully saturated rings. The highest BCUT2D eigenvalue weighted by atomic mass is 16.2. The van der Waals surface area contributed by atoms with Crippen molar-refractivity contribution in [2.45, 2.75) is 44.8 Å². The Morgan fingerprint density at radius 1 is 1.33 bits per heavy atom. The van der Waals surface area contributed by atoms with Gasteiger partial charge in [-0.25, -0.2) is 0 Å². The van der Waals surface area contributed by atoms with Gasteiger partial charge in [-0.05, 0) is 25.8 Å². The number of carbonyl (C=O) groups excluding carboxylic acids is 2. The van der Waals surface area contributed by atoms with Crippen LogP contribution in [0.2, 0.25) is 0 Å². The van der Waals surface area contributed by atoms with E-state index in [9.17, 15) is 9.59 Å². The van der Waals surface area contributed by atoms with Crippen LogP contribution in [-0.2, 0) is 4.79 Å². The summed E-state index contributed by atoms with van der Waals surface area (Å²) in [5.74, 6) is -0.147. The first-order chi connectivity index (χ1) is 11.5. The van der Waals surface area contributed by atoms with Gasteiger partial charge in [0.15, 0.2) is 0 Å². The van der Waals surface area contributed by atoms with E-state index in [4.69, 9.17) is 0 Å². The Balaban J connectivity index is 1.76. The predicted molar refractivity (Wildman–Crippen MR) is 90.4 cm³/mol. The number of benzene rings is 1. The average Bonchev–Trinajstić information content (AvgIpc) is 3.08. The molecule has 6 nitrogen and oxygen atoms in total. The summed E-state index contributed by atoms with van der Waals surface area (Å²) >= 11 is 0. The normalized spacial score (nSPS) is 20.7. The fourth-order valence-corrected chi connectivity index (χ4v) is 2.92. The first-order valence-electron chi connectivity index (χ1n) is 8.24. The lowest BCUT2D eigenvalue weighted by Crippen LogP contribution is -2.50. The van der Waals surface area contributed by atoms with Gasteiger partial charge in [0.2, 0.25) is 5.91 Å². The monoisotopic (exact) mass is 326 g/mol. The molecule has 6 heteroatoms. The quantitative estimate of drug-likeness (QED) is 0.904. The number of amides is 2. The summed E-state index contributed by atoms with van der Waals surface area (Å²) in [7, 11) is 0. The molecule has 0 spiro atoms. The summed E-state index contributed by atoms with van der Waals surface area (Å²) in [6, 6.07) is 9.58. The number of hydrogen-bond donors (Lipinski definition) is 2. The second-order valence-electron chi connectivity index (χ2n) is 6.38. The van der Waals surface area contributed by atoms with Gasteiger partial charge in [0.25, 0.3) is 5.91 Å². The standard InChI is InChI=1S/C18H22N4O2/c1-12(2)22-11-14(10-19-22)18(24)20-15-8-9-16(23)21-17(15)13-6-4-3-5-7-13/h3-7,10-12,15,17H,8-9H2,1-2H3,(H,20,24)(H,21,23)/t15-,17+/m1/s1. The number of aromatic nitrogens is 2. The Labute approximate surface area is 141 Å². The van der Waals surface area contributed by atoms with Gasteiger partial charge >= 0.3 is 0 Å². The lowest BCUT2D eigenvalue weighted by atomic mass is 9.92. The van der Waals surface area contributed by atoms with E-state index in [0.29, 0.717) is 18.4 Å². The molecule has 0 bridgehead atoms. The zero-order valence-electron chi connectivity index (χ0n) is 13.9. The molecule has 126 valence electrons. The minimum Gasteiger partial charge on any atom is -0.347 e. The number of nitrogens with one attached hydrogen (secondary N) is 2. The van der Waals surface area contributed by atoms with E-state index in [2.05, 4.69) is 15.7 Å². The number of carbonyl (C=O) groups is 2. The van der Waals surface area contributed by atoms with Crippen LogP contribution in [0.15, 0.2) is 42.7 Å². The molecule has 1 aromatic heterocycles. The van der Waals surface area contributed by atoms with E-state index in [1.54, 1.807) is 17.1 Å². The molecule has 2 amide bonds. The molecule has 2 atom stereocenters. The first kappa shape index (κ1) is 16.2. The van der Waals surface area contributed by atoms with Gasteiger partial charge in [-0.15, -0.1) is 0 Å². The Morgan fingerprint density at radius 2 is 2.08 bits per heavy atom. The van der Waals surface area contributed by atoms with Gasteiger partial charge in [0.05, 0.1) is 23.8 Å². The maximum absolute atomic E-state index is 12.5. The van der Waals surface area contributed by atoms with Crippen LogP contribution in [0.4, 0.5) is 0 Å². The summed E-state index contributed by atoms with van der Waals surface area (Å²) < 4.78 is 1.76. The van der Waals surface area contributed by atoms with E-state index < -0.39 is 0 Å². The maximum atomic E-state index is 12.5. The van der Waals surface area contributed by atoms with Gasteiger partial charge in [-0.3, -0.25) is 14.3 Å². The van der Waals surface area contributed by atoms with E-state index >= 15 is 0 Å². The molecule has 2 heterocycles. The molecule has 24 heavy (non-hydrogen) atoms. The molecule has 1 saturated heterocycles. The molecule has 0 aliphatic carbocycles. The Morgan fingerprint density at radius 3 is 2.75 bits per heavy atom. The van der Waals surface area contributed by atoms with Crippen LogP contribution < -0.4 is 10.6 Å². The Kier molecular flexibility index (Phi) is 4.64. The maximum Gasteiger partial charge on any atom is 0.254 e. The van der Waals surface area contributed by atoms with Crippen LogP contribution in [0.5, 0.6) is 0 Å². The number of rotatable bonds is 4. The van der Waals surface area contributed by atoms with Crippen LogP contribution in [0.3, 0.4) is 0 Å². The lowest BCUT2D eigenvalue weighted by molar-refractivity contribution is -0.123. The smallest absolute Gasteiger partial charge is 0.254 e. The number of nitrogens with zero attached hydrogens (tertiary/aromatic N) is 2. The Hall–Kier alpha value is -2.63.